The maximum atomic E-state index is 13.0. The Morgan fingerprint density at radius 2 is 1.47 bits per heavy atom. The van der Waals surface area contributed by atoms with Crippen LogP contribution in [0.15, 0.2) is 24.3 Å². The van der Waals surface area contributed by atoms with Gasteiger partial charge in [0.15, 0.2) is 0 Å². The largest absolute Gasteiger partial charge is 0.461 e. The summed E-state index contributed by atoms with van der Waals surface area (Å²) in [4.78, 5) is 49.8. The molecule has 0 unspecified atom stereocenters. The molecule has 1 rings (SSSR count). The van der Waals surface area contributed by atoms with E-state index < -0.39 is 30.5 Å². The van der Waals surface area contributed by atoms with Crippen molar-refractivity contribution in [3.63, 3.8) is 0 Å². The standard InChI is InChI=1S/C29H47N3O6/c1-19(2)10-8-7-9-11-26(34)31-25(17-33)28(36)32-24(16-20(3)4)27(35)30-23-14-12-22(13-15-23)18-38-29(37)21(5)6/h12-15,19-21,24-25,33H,7-11,16-18H2,1-6H3,(H,30,35)(H,31,34)(H,32,36)/t24-,25-/m0/s1. The van der Waals surface area contributed by atoms with Gasteiger partial charge in [0, 0.05) is 12.1 Å². The number of anilines is 1. The molecule has 1 aromatic carbocycles. The molecule has 1 aromatic rings. The first kappa shape index (κ1) is 33.1. The van der Waals surface area contributed by atoms with Crippen LogP contribution in [0.3, 0.4) is 0 Å². The number of carbonyl (C=O) groups excluding carboxylic acids is 4. The summed E-state index contributed by atoms with van der Waals surface area (Å²) in [5.74, 6) is -1.07. The minimum atomic E-state index is -1.13. The van der Waals surface area contributed by atoms with Crippen LogP contribution in [-0.4, -0.2) is 47.5 Å². The normalized spacial score (nSPS) is 12.8. The van der Waals surface area contributed by atoms with E-state index in [0.717, 1.165) is 31.2 Å². The Morgan fingerprint density at radius 1 is 0.816 bits per heavy atom. The first-order valence-electron chi connectivity index (χ1n) is 13.7. The van der Waals surface area contributed by atoms with Gasteiger partial charge in [-0.3, -0.25) is 19.2 Å². The molecule has 2 atom stereocenters. The molecule has 0 spiro atoms. The van der Waals surface area contributed by atoms with E-state index in [-0.39, 0.29) is 36.7 Å². The van der Waals surface area contributed by atoms with Crippen LogP contribution >= 0.6 is 0 Å². The number of hydrogen-bond acceptors (Lipinski definition) is 6. The Bertz CT molecular complexity index is 883. The molecule has 4 N–H and O–H groups in total. The number of esters is 1. The first-order valence-corrected chi connectivity index (χ1v) is 13.7. The van der Waals surface area contributed by atoms with Crippen molar-refractivity contribution in [2.45, 2.75) is 98.8 Å². The number of ether oxygens (including phenoxy) is 1. The summed E-state index contributed by atoms with van der Waals surface area (Å²) in [6.07, 6.45) is 4.47. The molecule has 38 heavy (non-hydrogen) atoms. The summed E-state index contributed by atoms with van der Waals surface area (Å²) in [5, 5.41) is 17.8. The van der Waals surface area contributed by atoms with Gasteiger partial charge < -0.3 is 25.8 Å². The maximum absolute atomic E-state index is 13.0. The molecule has 0 heterocycles. The Balaban J connectivity index is 2.67. The van der Waals surface area contributed by atoms with Crippen LogP contribution in [0.4, 0.5) is 5.69 Å². The Kier molecular flexibility index (Phi) is 15.3. The third-order valence-electron chi connectivity index (χ3n) is 5.93. The van der Waals surface area contributed by atoms with Crippen molar-refractivity contribution in [3.05, 3.63) is 29.8 Å². The molecule has 0 saturated heterocycles. The van der Waals surface area contributed by atoms with E-state index in [1.807, 2.05) is 13.8 Å². The number of carbonyl (C=O) groups is 4. The maximum Gasteiger partial charge on any atom is 0.308 e. The topological polar surface area (TPSA) is 134 Å². The molecule has 3 amide bonds. The molecular weight excluding hydrogens is 486 g/mol. The van der Waals surface area contributed by atoms with Gasteiger partial charge in [0.1, 0.15) is 18.7 Å². The second-order valence-electron chi connectivity index (χ2n) is 10.9. The fraction of sp³-hybridized carbons (Fsp3) is 0.655. The smallest absolute Gasteiger partial charge is 0.308 e. The van der Waals surface area contributed by atoms with Gasteiger partial charge in [-0.1, -0.05) is 72.9 Å². The third-order valence-corrected chi connectivity index (χ3v) is 5.93. The zero-order chi connectivity index (χ0) is 28.7. The van der Waals surface area contributed by atoms with Gasteiger partial charge in [0.2, 0.25) is 17.7 Å². The Hall–Kier alpha value is -2.94. The third kappa shape index (κ3) is 13.6. The number of aliphatic hydroxyl groups is 1. The molecule has 9 nitrogen and oxygen atoms in total. The quantitative estimate of drug-likeness (QED) is 0.177. The van der Waals surface area contributed by atoms with Crippen molar-refractivity contribution in [2.75, 3.05) is 11.9 Å². The van der Waals surface area contributed by atoms with E-state index in [2.05, 4.69) is 29.8 Å². The minimum Gasteiger partial charge on any atom is -0.461 e. The molecule has 0 aromatic heterocycles. The van der Waals surface area contributed by atoms with Crippen molar-refractivity contribution in [3.8, 4) is 0 Å². The van der Waals surface area contributed by atoms with E-state index in [4.69, 9.17) is 4.74 Å². The van der Waals surface area contributed by atoms with Gasteiger partial charge in [0.05, 0.1) is 12.5 Å². The highest BCUT2D eigenvalue weighted by Gasteiger charge is 2.27. The highest BCUT2D eigenvalue weighted by molar-refractivity contribution is 5.98. The number of nitrogens with one attached hydrogen (secondary N) is 3. The van der Waals surface area contributed by atoms with Crippen molar-refractivity contribution in [1.29, 1.82) is 0 Å². The Morgan fingerprint density at radius 3 is 2.03 bits per heavy atom. The second-order valence-corrected chi connectivity index (χ2v) is 10.9. The molecule has 0 aliphatic rings. The zero-order valence-corrected chi connectivity index (χ0v) is 23.8. The predicted molar refractivity (Wildman–Crippen MR) is 148 cm³/mol. The number of hydrogen-bond donors (Lipinski definition) is 4. The van der Waals surface area contributed by atoms with E-state index in [0.29, 0.717) is 18.0 Å². The van der Waals surface area contributed by atoms with Crippen LogP contribution in [0.1, 0.15) is 85.6 Å². The molecule has 0 radical (unpaired) electrons. The Labute approximate surface area is 227 Å². The monoisotopic (exact) mass is 533 g/mol. The summed E-state index contributed by atoms with van der Waals surface area (Å²) in [5.41, 5.74) is 1.31. The van der Waals surface area contributed by atoms with Crippen molar-refractivity contribution in [1.82, 2.24) is 10.6 Å². The summed E-state index contributed by atoms with van der Waals surface area (Å²) in [6.45, 7) is 11.3. The van der Waals surface area contributed by atoms with E-state index >= 15 is 0 Å². The summed E-state index contributed by atoms with van der Waals surface area (Å²) >= 11 is 0. The van der Waals surface area contributed by atoms with Crippen molar-refractivity contribution < 1.29 is 29.0 Å². The molecule has 0 bridgehead atoms. The lowest BCUT2D eigenvalue weighted by molar-refractivity contribution is -0.148. The average Bonchev–Trinajstić information content (AvgIpc) is 2.85. The average molecular weight is 534 g/mol. The van der Waals surface area contributed by atoms with E-state index in [1.54, 1.807) is 38.1 Å². The molecule has 214 valence electrons. The fourth-order valence-electron chi connectivity index (χ4n) is 3.69. The lowest BCUT2D eigenvalue weighted by Gasteiger charge is -2.23. The van der Waals surface area contributed by atoms with E-state index in [1.165, 1.54) is 0 Å². The molecule has 0 aliphatic heterocycles. The minimum absolute atomic E-state index is 0.108. The van der Waals surface area contributed by atoms with Gasteiger partial charge in [-0.2, -0.15) is 0 Å². The lowest BCUT2D eigenvalue weighted by atomic mass is 10.0. The fourth-order valence-corrected chi connectivity index (χ4v) is 3.69. The van der Waals surface area contributed by atoms with Gasteiger partial charge >= 0.3 is 5.97 Å². The summed E-state index contributed by atoms with van der Waals surface area (Å²) < 4.78 is 5.21. The summed E-state index contributed by atoms with van der Waals surface area (Å²) in [6, 6.07) is 4.91. The molecule has 9 heteroatoms. The van der Waals surface area contributed by atoms with Crippen molar-refractivity contribution >= 4 is 29.4 Å². The lowest BCUT2D eigenvalue weighted by Crippen LogP contribution is -2.54. The van der Waals surface area contributed by atoms with Gasteiger partial charge in [0.25, 0.3) is 0 Å². The number of unbranched alkanes of at least 4 members (excludes halogenated alkanes) is 2. The van der Waals surface area contributed by atoms with Crippen LogP contribution in [0, 0.1) is 17.8 Å². The van der Waals surface area contributed by atoms with Crippen LogP contribution in [0.2, 0.25) is 0 Å². The summed E-state index contributed by atoms with van der Waals surface area (Å²) in [7, 11) is 0. The molecular formula is C29H47N3O6. The molecule has 0 fully saturated rings. The molecule has 0 saturated carbocycles. The van der Waals surface area contributed by atoms with E-state index in [9.17, 15) is 24.3 Å². The second kappa shape index (κ2) is 17.5. The predicted octanol–water partition coefficient (Wildman–Crippen LogP) is 3.94. The number of benzene rings is 1. The molecule has 0 aliphatic carbocycles. The van der Waals surface area contributed by atoms with Crippen LogP contribution in [-0.2, 0) is 30.5 Å². The SMILES string of the molecule is CC(C)CCCCCC(=O)N[C@@H](CO)C(=O)N[C@@H](CC(C)C)C(=O)Nc1ccc(COC(=O)C(C)C)cc1. The zero-order valence-electron chi connectivity index (χ0n) is 23.8. The number of aliphatic hydroxyl groups excluding tert-OH is 1. The highest BCUT2D eigenvalue weighted by atomic mass is 16.5. The van der Waals surface area contributed by atoms with Crippen molar-refractivity contribution in [2.24, 2.45) is 17.8 Å². The van der Waals surface area contributed by atoms with Crippen LogP contribution in [0.25, 0.3) is 0 Å². The van der Waals surface area contributed by atoms with Gasteiger partial charge in [-0.15, -0.1) is 0 Å². The number of rotatable bonds is 17. The van der Waals surface area contributed by atoms with Gasteiger partial charge in [-0.05, 0) is 42.4 Å². The first-order chi connectivity index (χ1) is 17.9. The van der Waals surface area contributed by atoms with Gasteiger partial charge in [-0.25, -0.2) is 0 Å². The van der Waals surface area contributed by atoms with Crippen LogP contribution < -0.4 is 16.0 Å². The number of amides is 3. The van der Waals surface area contributed by atoms with Crippen LogP contribution in [0.5, 0.6) is 0 Å². The highest BCUT2D eigenvalue weighted by Crippen LogP contribution is 2.14.